The molecule has 1 rings (SSSR count). The van der Waals surface area contributed by atoms with Crippen LogP contribution in [0.4, 0.5) is 0 Å². The van der Waals surface area contributed by atoms with E-state index in [0.29, 0.717) is 10.7 Å². The molecule has 98 valence electrons. The van der Waals surface area contributed by atoms with E-state index in [-0.39, 0.29) is 5.97 Å². The van der Waals surface area contributed by atoms with Crippen LogP contribution in [-0.2, 0) is 9.53 Å². The second-order valence-electron chi connectivity index (χ2n) is 4.84. The van der Waals surface area contributed by atoms with Crippen molar-refractivity contribution in [2.24, 2.45) is 0 Å². The second-order valence-corrected chi connectivity index (χ2v) is 5.28. The van der Waals surface area contributed by atoms with Gasteiger partial charge in [0.05, 0.1) is 10.7 Å². The molecule has 1 N–H and O–H groups in total. The number of ether oxygens (including phenoxy) is 1. The Labute approximate surface area is 113 Å². The number of carbonyl (C=O) groups is 1. The van der Waals surface area contributed by atoms with E-state index >= 15 is 0 Å². The normalized spacial score (nSPS) is 12.7. The fraction of sp³-hybridized carbons (Fsp3) is 0.462. The summed E-state index contributed by atoms with van der Waals surface area (Å²) in [5.41, 5.74) is 0.0408. The Hall–Kier alpha value is -1.49. The summed E-state index contributed by atoms with van der Waals surface area (Å²) in [7, 11) is 1.68. The first-order valence-electron chi connectivity index (χ1n) is 5.70. The molecule has 0 spiro atoms. The minimum atomic E-state index is -0.662. The summed E-state index contributed by atoms with van der Waals surface area (Å²) in [6.45, 7) is 5.47. The molecule has 1 unspecified atom stereocenters. The maximum Gasteiger partial charge on any atom is 0.322 e. The van der Waals surface area contributed by atoms with Gasteiger partial charge in [-0.05, 0) is 32.9 Å². The highest BCUT2D eigenvalue weighted by molar-refractivity contribution is 7.80. The lowest BCUT2D eigenvalue weighted by Gasteiger charge is -2.24. The maximum absolute atomic E-state index is 12.2. The Morgan fingerprint density at radius 2 is 2.11 bits per heavy atom. The summed E-state index contributed by atoms with van der Waals surface area (Å²) in [6.07, 6.45) is 1.63. The van der Waals surface area contributed by atoms with Crippen LogP contribution < -0.4 is 5.32 Å². The lowest BCUT2D eigenvalue weighted by molar-refractivity contribution is -0.154. The van der Waals surface area contributed by atoms with Gasteiger partial charge < -0.3 is 10.1 Å². The quantitative estimate of drug-likeness (QED) is 0.670. The van der Waals surface area contributed by atoms with Crippen molar-refractivity contribution in [2.45, 2.75) is 32.3 Å². The predicted octanol–water partition coefficient (Wildman–Crippen LogP) is 2.05. The zero-order valence-corrected chi connectivity index (χ0v) is 11.9. The number of carbonyl (C=O) groups excluding carboxylic acids is 1. The van der Waals surface area contributed by atoms with E-state index in [1.807, 2.05) is 26.8 Å². The molecule has 0 aliphatic rings. The molecule has 1 aromatic heterocycles. The molecule has 4 nitrogen and oxygen atoms in total. The van der Waals surface area contributed by atoms with Crippen LogP contribution in [0.5, 0.6) is 0 Å². The molecule has 0 aliphatic carbocycles. The topological polar surface area (TPSA) is 51.2 Å². The maximum atomic E-state index is 12.2. The Morgan fingerprint density at radius 3 is 2.56 bits per heavy atom. The van der Waals surface area contributed by atoms with Gasteiger partial charge in [0, 0.05) is 13.2 Å². The van der Waals surface area contributed by atoms with Gasteiger partial charge in [-0.15, -0.1) is 0 Å². The van der Waals surface area contributed by atoms with Crippen LogP contribution in [0, 0.1) is 0 Å². The van der Waals surface area contributed by atoms with Gasteiger partial charge in [0.15, 0.2) is 0 Å². The second kappa shape index (κ2) is 5.91. The molecule has 18 heavy (non-hydrogen) atoms. The van der Waals surface area contributed by atoms with E-state index in [1.165, 1.54) is 0 Å². The van der Waals surface area contributed by atoms with Crippen molar-refractivity contribution in [2.75, 3.05) is 7.05 Å². The Morgan fingerprint density at radius 1 is 1.44 bits per heavy atom. The van der Waals surface area contributed by atoms with Crippen LogP contribution in [-0.4, -0.2) is 28.6 Å². The molecule has 1 aromatic rings. The molecule has 1 heterocycles. The first-order valence-corrected chi connectivity index (χ1v) is 6.11. The van der Waals surface area contributed by atoms with Crippen LogP contribution >= 0.6 is 12.2 Å². The van der Waals surface area contributed by atoms with Crippen molar-refractivity contribution in [1.29, 1.82) is 0 Å². The summed E-state index contributed by atoms with van der Waals surface area (Å²) in [5.74, 6) is -1.05. The number of aromatic nitrogens is 1. The highest BCUT2D eigenvalue weighted by Gasteiger charge is 2.30. The molecule has 0 bridgehead atoms. The van der Waals surface area contributed by atoms with Crippen molar-refractivity contribution < 1.29 is 9.53 Å². The van der Waals surface area contributed by atoms with Crippen LogP contribution in [0.15, 0.2) is 24.4 Å². The number of thiocarbonyl (C=S) groups is 1. The molecule has 5 heteroatoms. The minimum absolute atomic E-state index is 0.388. The molecule has 0 fully saturated rings. The molecule has 0 saturated heterocycles. The number of hydrogen-bond donors (Lipinski definition) is 1. The van der Waals surface area contributed by atoms with Crippen molar-refractivity contribution in [1.82, 2.24) is 10.3 Å². The van der Waals surface area contributed by atoms with Crippen LogP contribution in [0.1, 0.15) is 32.4 Å². The number of nitrogens with one attached hydrogen (secondary N) is 1. The highest BCUT2D eigenvalue weighted by atomic mass is 32.1. The Kier molecular flexibility index (Phi) is 4.78. The van der Waals surface area contributed by atoms with E-state index in [9.17, 15) is 4.79 Å². The van der Waals surface area contributed by atoms with Crippen LogP contribution in [0.25, 0.3) is 0 Å². The number of likely N-dealkylation sites (N-methyl/N-ethyl adjacent to an activating group) is 1. The number of esters is 1. The van der Waals surface area contributed by atoms with E-state index in [0.717, 1.165) is 0 Å². The first-order chi connectivity index (χ1) is 8.35. The number of rotatable bonds is 3. The summed E-state index contributed by atoms with van der Waals surface area (Å²) >= 11 is 5.17. The van der Waals surface area contributed by atoms with Crippen molar-refractivity contribution in [3.63, 3.8) is 0 Å². The third-order valence-corrected chi connectivity index (χ3v) is 2.57. The third kappa shape index (κ3) is 4.07. The number of pyridine rings is 1. The standard InChI is InChI=1S/C13H18N2O2S/c1-13(2,3)17-12(16)10(11(18)14-4)9-7-5-6-8-15-9/h5-8,10H,1-4H3,(H,14,18). The van der Waals surface area contributed by atoms with Gasteiger partial charge in [-0.3, -0.25) is 9.78 Å². The molecule has 0 saturated carbocycles. The zero-order chi connectivity index (χ0) is 13.8. The van der Waals surface area contributed by atoms with Crippen LogP contribution in [0.2, 0.25) is 0 Å². The molecule has 0 amide bonds. The summed E-state index contributed by atoms with van der Waals surface area (Å²) in [6, 6.07) is 5.37. The van der Waals surface area contributed by atoms with Crippen molar-refractivity contribution in [3.8, 4) is 0 Å². The van der Waals surface area contributed by atoms with Gasteiger partial charge in [-0.25, -0.2) is 0 Å². The fourth-order valence-corrected chi connectivity index (χ4v) is 1.63. The molecular weight excluding hydrogens is 248 g/mol. The monoisotopic (exact) mass is 266 g/mol. The van der Waals surface area contributed by atoms with Gasteiger partial charge >= 0.3 is 5.97 Å². The number of nitrogens with zero attached hydrogens (tertiary/aromatic N) is 1. The van der Waals surface area contributed by atoms with E-state index in [1.54, 1.807) is 25.4 Å². The Balaban J connectivity index is 3.00. The van der Waals surface area contributed by atoms with Crippen molar-refractivity contribution >= 4 is 23.2 Å². The lowest BCUT2D eigenvalue weighted by atomic mass is 10.0. The first kappa shape index (κ1) is 14.6. The zero-order valence-electron chi connectivity index (χ0n) is 11.1. The molecule has 0 radical (unpaired) electrons. The van der Waals surface area contributed by atoms with Crippen LogP contribution in [0.3, 0.4) is 0 Å². The smallest absolute Gasteiger partial charge is 0.322 e. The SMILES string of the molecule is CNC(=S)C(C(=O)OC(C)(C)C)c1ccccn1. The Bertz CT molecular complexity index is 426. The van der Waals surface area contributed by atoms with Gasteiger partial charge in [-0.1, -0.05) is 18.3 Å². The van der Waals surface area contributed by atoms with Crippen molar-refractivity contribution in [3.05, 3.63) is 30.1 Å². The minimum Gasteiger partial charge on any atom is -0.459 e. The highest BCUT2D eigenvalue weighted by Crippen LogP contribution is 2.20. The third-order valence-electron chi connectivity index (χ3n) is 2.13. The summed E-state index contributed by atoms with van der Waals surface area (Å²) in [4.78, 5) is 16.7. The van der Waals surface area contributed by atoms with Gasteiger partial charge in [0.1, 0.15) is 11.5 Å². The van der Waals surface area contributed by atoms with E-state index in [2.05, 4.69) is 10.3 Å². The fourth-order valence-electron chi connectivity index (χ4n) is 1.41. The number of hydrogen-bond acceptors (Lipinski definition) is 4. The average Bonchev–Trinajstić information content (AvgIpc) is 2.28. The molecule has 1 atom stereocenters. The van der Waals surface area contributed by atoms with E-state index in [4.69, 9.17) is 17.0 Å². The van der Waals surface area contributed by atoms with Gasteiger partial charge in [0.2, 0.25) is 0 Å². The van der Waals surface area contributed by atoms with E-state index < -0.39 is 11.5 Å². The summed E-state index contributed by atoms with van der Waals surface area (Å²) in [5, 5.41) is 2.82. The largest absolute Gasteiger partial charge is 0.459 e. The molecule has 0 aromatic carbocycles. The molecule has 0 aliphatic heterocycles. The average molecular weight is 266 g/mol. The van der Waals surface area contributed by atoms with Gasteiger partial charge in [-0.2, -0.15) is 0 Å². The predicted molar refractivity (Wildman–Crippen MR) is 74.5 cm³/mol. The lowest BCUT2D eigenvalue weighted by Crippen LogP contribution is -2.35. The summed E-state index contributed by atoms with van der Waals surface area (Å²) < 4.78 is 5.37. The van der Waals surface area contributed by atoms with Gasteiger partial charge in [0.25, 0.3) is 0 Å². The molecular formula is C13H18N2O2S.